The van der Waals surface area contributed by atoms with Crippen molar-refractivity contribution in [2.24, 2.45) is 0 Å². The predicted molar refractivity (Wildman–Crippen MR) is 410 cm³/mol. The van der Waals surface area contributed by atoms with Crippen molar-refractivity contribution in [3.63, 3.8) is 0 Å². The molecule has 450 valence electrons. The molecular formula is C90H63BN2OSi2. The molecule has 6 heteroatoms. The van der Waals surface area contributed by atoms with Crippen molar-refractivity contribution in [3.05, 3.63) is 382 Å². The number of ether oxygens (including phenoxy) is 1. The maximum absolute atomic E-state index is 7.99. The molecule has 0 N–H and O–H groups in total. The Morgan fingerprint density at radius 1 is 0.250 bits per heavy atom. The van der Waals surface area contributed by atoms with Crippen molar-refractivity contribution in [1.82, 2.24) is 4.57 Å². The van der Waals surface area contributed by atoms with E-state index in [1.807, 2.05) is 0 Å². The average Bonchev–Trinajstić information content (AvgIpc) is 0.726. The first-order valence-electron chi connectivity index (χ1n) is 33.2. The number of para-hydroxylation sites is 3. The number of hydrogen-bond acceptors (Lipinski definition) is 2. The van der Waals surface area contributed by atoms with E-state index >= 15 is 0 Å². The number of anilines is 3. The maximum Gasteiger partial charge on any atom is 0.256 e. The fourth-order valence-electron chi connectivity index (χ4n) is 16.2. The first-order chi connectivity index (χ1) is 47.6. The van der Waals surface area contributed by atoms with Crippen LogP contribution in [0.2, 0.25) is 0 Å². The Morgan fingerprint density at radius 2 is 0.677 bits per heavy atom. The minimum Gasteiger partial charge on any atom is -0.458 e. The Balaban J connectivity index is 0.973. The molecule has 2 aliphatic rings. The molecule has 3 nitrogen and oxygen atoms in total. The Labute approximate surface area is 562 Å². The highest BCUT2D eigenvalue weighted by atomic mass is 28.3. The molecule has 96 heavy (non-hydrogen) atoms. The van der Waals surface area contributed by atoms with Gasteiger partial charge >= 0.3 is 0 Å². The van der Waals surface area contributed by atoms with Gasteiger partial charge in [-0.2, -0.15) is 0 Å². The standard InChI is InChI=1S/C90H63BN2OSi2/c1-8-30-64(31-9-1)67-36-28-46-74(58-67)95(70-38-14-4-15-39-70,71-40-16-5-17-41-71)76-55-57-86-82(61-76)91-81-56-54-69(92-84-52-26-23-49-79(84)80-50-24-27-53-85(80)92)60-88(81)94-89-63-77(62-87(90(89)91)93(86)83-51-25-22-48-78(83)66-34-12-3-13-35-66)96(72-42-18-6-19-43-72,73-44-20-7-21-45-73)75-47-29-37-68(59-75)65-32-10-2-11-33-65/h1-63H. The SMILES string of the molecule is c1ccc(-c2cccc([Si](c3ccccc3)(c3ccccc3)c3ccc4c(c3)B3c5ccc(-n6c7ccccc7c7ccccc76)cc5Oc5cc([Si](c6ccccc6)(c6ccccc6)c6cccc(-c7ccccc7)c6)cc(c53)N4c3ccccc3-c3ccccc3)c2)cc1. The van der Waals surface area contributed by atoms with Crippen LogP contribution in [-0.2, 0) is 0 Å². The molecule has 3 heterocycles. The molecule has 16 aromatic rings. The highest BCUT2D eigenvalue weighted by Crippen LogP contribution is 2.45. The van der Waals surface area contributed by atoms with E-state index in [-0.39, 0.29) is 6.71 Å². The van der Waals surface area contributed by atoms with Gasteiger partial charge in [-0.05, 0) is 128 Å². The number of hydrogen-bond donors (Lipinski definition) is 0. The molecule has 0 spiro atoms. The van der Waals surface area contributed by atoms with Gasteiger partial charge in [0, 0.05) is 39.5 Å². The quantitative estimate of drug-likeness (QED) is 0.0846. The minimum absolute atomic E-state index is 0.269. The van der Waals surface area contributed by atoms with E-state index in [1.54, 1.807) is 0 Å². The summed E-state index contributed by atoms with van der Waals surface area (Å²) in [7, 11) is -6.59. The van der Waals surface area contributed by atoms with Crippen molar-refractivity contribution in [3.8, 4) is 50.6 Å². The molecule has 18 rings (SSSR count). The van der Waals surface area contributed by atoms with Crippen LogP contribution in [0, 0.1) is 0 Å². The van der Waals surface area contributed by atoms with E-state index in [9.17, 15) is 0 Å². The summed E-state index contributed by atoms with van der Waals surface area (Å²) in [4.78, 5) is 2.61. The summed E-state index contributed by atoms with van der Waals surface area (Å²) in [6.45, 7) is -0.269. The van der Waals surface area contributed by atoms with Crippen LogP contribution in [0.4, 0.5) is 17.1 Å². The Morgan fingerprint density at radius 3 is 1.21 bits per heavy atom. The first kappa shape index (κ1) is 56.9. The van der Waals surface area contributed by atoms with Gasteiger partial charge in [0.15, 0.2) is 16.1 Å². The third kappa shape index (κ3) is 9.16. The Bertz CT molecular complexity index is 5440. The first-order valence-corrected chi connectivity index (χ1v) is 37.2. The maximum atomic E-state index is 7.99. The number of benzene rings is 15. The van der Waals surface area contributed by atoms with Crippen LogP contribution in [0.1, 0.15) is 0 Å². The number of fused-ring (bicyclic) bond motifs is 7. The lowest BCUT2D eigenvalue weighted by Gasteiger charge is -2.43. The fraction of sp³-hybridized carbons (Fsp3) is 0. The summed E-state index contributed by atoms with van der Waals surface area (Å²) in [5.74, 6) is 1.69. The molecule has 1 aromatic heterocycles. The van der Waals surface area contributed by atoms with Gasteiger partial charge < -0.3 is 14.2 Å². The number of aromatic nitrogens is 1. The molecule has 0 unspecified atom stereocenters. The zero-order chi connectivity index (χ0) is 63.6. The molecule has 15 aromatic carbocycles. The van der Waals surface area contributed by atoms with E-state index in [2.05, 4.69) is 392 Å². The van der Waals surface area contributed by atoms with E-state index in [0.29, 0.717) is 0 Å². The summed E-state index contributed by atoms with van der Waals surface area (Å²) >= 11 is 0. The van der Waals surface area contributed by atoms with Gasteiger partial charge in [-0.25, -0.2) is 0 Å². The van der Waals surface area contributed by atoms with Crippen LogP contribution in [0.25, 0.3) is 60.9 Å². The van der Waals surface area contributed by atoms with Crippen molar-refractivity contribution in [1.29, 1.82) is 0 Å². The second-order valence-corrected chi connectivity index (χ2v) is 33.0. The van der Waals surface area contributed by atoms with Crippen molar-refractivity contribution >= 4 is 120 Å². The predicted octanol–water partition coefficient (Wildman–Crippen LogP) is 14.9. The Hall–Kier alpha value is -11.8. The van der Waals surface area contributed by atoms with Crippen molar-refractivity contribution in [2.75, 3.05) is 4.90 Å². The molecule has 0 fully saturated rings. The molecule has 2 aliphatic heterocycles. The zero-order valence-corrected chi connectivity index (χ0v) is 54.8. The number of nitrogens with zero attached hydrogens (tertiary/aromatic N) is 2. The third-order valence-electron chi connectivity index (χ3n) is 20.3. The summed E-state index contributed by atoms with van der Waals surface area (Å²) < 4.78 is 10.4. The van der Waals surface area contributed by atoms with Gasteiger partial charge in [0.05, 0.1) is 16.7 Å². The summed E-state index contributed by atoms with van der Waals surface area (Å²) in [5, 5.41) is 12.8. The van der Waals surface area contributed by atoms with Gasteiger partial charge in [0.2, 0.25) is 0 Å². The summed E-state index contributed by atoms with van der Waals surface area (Å²) in [6, 6.07) is 143. The van der Waals surface area contributed by atoms with E-state index in [0.717, 1.165) is 67.3 Å². The third-order valence-corrected chi connectivity index (χ3v) is 29.8. The van der Waals surface area contributed by atoms with Crippen LogP contribution >= 0.6 is 0 Å². The molecular weight excluding hydrogens is 1190 g/mol. The normalized spacial score (nSPS) is 12.4. The zero-order valence-electron chi connectivity index (χ0n) is 52.8. The molecule has 0 bridgehead atoms. The topological polar surface area (TPSA) is 17.4 Å². The largest absolute Gasteiger partial charge is 0.458 e. The van der Waals surface area contributed by atoms with Gasteiger partial charge in [-0.1, -0.05) is 334 Å². The second-order valence-electron chi connectivity index (χ2n) is 25.4. The average molecular weight is 1260 g/mol. The molecule has 0 atom stereocenters. The highest BCUT2D eigenvalue weighted by molar-refractivity contribution is 7.21. The van der Waals surface area contributed by atoms with Gasteiger partial charge in [0.25, 0.3) is 6.71 Å². The monoisotopic (exact) mass is 1250 g/mol. The minimum atomic E-state index is -3.36. The van der Waals surface area contributed by atoms with Crippen LogP contribution < -0.4 is 67.5 Å². The van der Waals surface area contributed by atoms with Crippen molar-refractivity contribution in [2.45, 2.75) is 0 Å². The smallest absolute Gasteiger partial charge is 0.256 e. The van der Waals surface area contributed by atoms with Gasteiger partial charge in [0.1, 0.15) is 11.5 Å². The van der Waals surface area contributed by atoms with Crippen LogP contribution in [0.3, 0.4) is 0 Å². The van der Waals surface area contributed by atoms with E-state index in [1.165, 1.54) is 80.0 Å². The van der Waals surface area contributed by atoms with Crippen LogP contribution in [0.15, 0.2) is 382 Å². The second kappa shape index (κ2) is 23.6. The lowest BCUT2D eigenvalue weighted by Crippen LogP contribution is -2.75. The van der Waals surface area contributed by atoms with E-state index < -0.39 is 16.1 Å². The lowest BCUT2D eigenvalue weighted by molar-refractivity contribution is 0.487. The summed E-state index contributed by atoms with van der Waals surface area (Å²) in [6.07, 6.45) is 0. The molecule has 0 aliphatic carbocycles. The molecule has 0 saturated carbocycles. The molecule has 0 amide bonds. The van der Waals surface area contributed by atoms with Gasteiger partial charge in [-0.15, -0.1) is 0 Å². The molecule has 0 radical (unpaired) electrons. The molecule has 0 saturated heterocycles. The summed E-state index contributed by atoms with van der Waals surface area (Å²) in [5.41, 5.74) is 17.2. The van der Waals surface area contributed by atoms with Crippen molar-refractivity contribution < 1.29 is 4.74 Å². The van der Waals surface area contributed by atoms with Crippen LogP contribution in [-0.4, -0.2) is 27.4 Å². The number of rotatable bonds is 13. The Kier molecular flexibility index (Phi) is 14.0. The highest BCUT2D eigenvalue weighted by Gasteiger charge is 2.49. The van der Waals surface area contributed by atoms with E-state index in [4.69, 9.17) is 4.74 Å². The lowest BCUT2D eigenvalue weighted by atomic mass is 9.34. The van der Waals surface area contributed by atoms with Gasteiger partial charge in [-0.3, -0.25) is 0 Å². The van der Waals surface area contributed by atoms with Crippen LogP contribution in [0.5, 0.6) is 11.5 Å². The fourth-order valence-corrected chi connectivity index (χ4v) is 25.8.